The number of allylic oxidation sites excluding steroid dienone is 4. The second-order valence-corrected chi connectivity index (χ2v) is 9.31. The summed E-state index contributed by atoms with van der Waals surface area (Å²) in [6, 6.07) is 7.26. The van der Waals surface area contributed by atoms with Crippen LogP contribution in [0.5, 0.6) is 5.75 Å². The number of esters is 1. The SMILES string of the molecule is C=C[C@@](C)(/C=C/c1ccc(OCCCC(=O)N[C@@H](CCCCN)C(=O)OC)cc1)CCC=C(C)C. The van der Waals surface area contributed by atoms with E-state index in [0.717, 1.165) is 37.0 Å². The molecule has 0 saturated heterocycles. The smallest absolute Gasteiger partial charge is 0.328 e. The van der Waals surface area contributed by atoms with E-state index in [4.69, 9.17) is 15.2 Å². The molecule has 1 aromatic carbocycles. The summed E-state index contributed by atoms with van der Waals surface area (Å²) in [6.45, 7) is 11.4. The van der Waals surface area contributed by atoms with Crippen LogP contribution in [0, 0.1) is 5.41 Å². The van der Waals surface area contributed by atoms with Crippen LogP contribution in [-0.2, 0) is 14.3 Å². The molecular formula is C29H44N2O4. The Morgan fingerprint density at radius 3 is 2.49 bits per heavy atom. The molecule has 0 unspecified atom stereocenters. The molecule has 3 N–H and O–H groups in total. The minimum atomic E-state index is -0.629. The Kier molecular flexibility index (Phi) is 14.4. The van der Waals surface area contributed by atoms with Crippen LogP contribution in [0.25, 0.3) is 6.08 Å². The quantitative estimate of drug-likeness (QED) is 0.171. The number of nitrogens with one attached hydrogen (secondary N) is 1. The molecule has 6 heteroatoms. The summed E-state index contributed by atoms with van der Waals surface area (Å²) < 4.78 is 10.6. The average molecular weight is 485 g/mol. The van der Waals surface area contributed by atoms with Crippen molar-refractivity contribution < 1.29 is 19.1 Å². The van der Waals surface area contributed by atoms with Gasteiger partial charge in [0.05, 0.1) is 13.7 Å². The largest absolute Gasteiger partial charge is 0.494 e. The van der Waals surface area contributed by atoms with Crippen molar-refractivity contribution in [2.75, 3.05) is 20.3 Å². The first-order valence-electron chi connectivity index (χ1n) is 12.5. The highest BCUT2D eigenvalue weighted by atomic mass is 16.5. The number of hydrogen-bond acceptors (Lipinski definition) is 5. The highest BCUT2D eigenvalue weighted by Crippen LogP contribution is 2.28. The summed E-state index contributed by atoms with van der Waals surface area (Å²) in [7, 11) is 1.32. The highest BCUT2D eigenvalue weighted by Gasteiger charge is 2.20. The number of methoxy groups -OCH3 is 1. The molecule has 1 aromatic rings. The van der Waals surface area contributed by atoms with Crippen LogP contribution in [0.15, 0.2) is 54.6 Å². The van der Waals surface area contributed by atoms with Gasteiger partial charge in [0.2, 0.25) is 5.91 Å². The number of ether oxygens (including phenoxy) is 2. The van der Waals surface area contributed by atoms with Gasteiger partial charge in [-0.15, -0.1) is 6.58 Å². The zero-order chi connectivity index (χ0) is 26.1. The number of hydrogen-bond donors (Lipinski definition) is 2. The monoisotopic (exact) mass is 484 g/mol. The normalized spacial score (nSPS) is 13.5. The molecule has 0 spiro atoms. The van der Waals surface area contributed by atoms with E-state index in [-0.39, 0.29) is 17.7 Å². The van der Waals surface area contributed by atoms with E-state index < -0.39 is 12.0 Å². The lowest BCUT2D eigenvalue weighted by Gasteiger charge is -2.20. The van der Waals surface area contributed by atoms with Gasteiger partial charge in [-0.2, -0.15) is 0 Å². The predicted octanol–water partition coefficient (Wildman–Crippen LogP) is 5.58. The van der Waals surface area contributed by atoms with Crippen molar-refractivity contribution >= 4 is 18.0 Å². The van der Waals surface area contributed by atoms with Gasteiger partial charge < -0.3 is 20.5 Å². The maximum Gasteiger partial charge on any atom is 0.328 e. The first-order valence-corrected chi connectivity index (χ1v) is 12.5. The van der Waals surface area contributed by atoms with Crippen LogP contribution in [0.3, 0.4) is 0 Å². The van der Waals surface area contributed by atoms with Crippen LogP contribution in [-0.4, -0.2) is 38.2 Å². The molecule has 0 aliphatic heterocycles. The first kappa shape index (κ1) is 30.2. The Balaban J connectivity index is 2.46. The number of carbonyl (C=O) groups excluding carboxylic acids is 2. The molecule has 2 atom stereocenters. The third-order valence-corrected chi connectivity index (χ3v) is 5.82. The number of benzene rings is 1. The van der Waals surface area contributed by atoms with Gasteiger partial charge in [0.15, 0.2) is 0 Å². The van der Waals surface area contributed by atoms with Crippen molar-refractivity contribution in [3.05, 3.63) is 60.2 Å². The molecule has 0 aliphatic rings. The van der Waals surface area contributed by atoms with Gasteiger partial charge in [-0.05, 0) is 76.6 Å². The Morgan fingerprint density at radius 2 is 1.89 bits per heavy atom. The third kappa shape index (κ3) is 13.0. The Hall–Kier alpha value is -2.86. The molecule has 0 saturated carbocycles. The highest BCUT2D eigenvalue weighted by molar-refractivity contribution is 5.84. The van der Waals surface area contributed by atoms with Gasteiger partial charge in [0, 0.05) is 11.8 Å². The summed E-state index contributed by atoms with van der Waals surface area (Å²) in [5, 5.41) is 2.75. The second-order valence-electron chi connectivity index (χ2n) is 9.31. The summed E-state index contributed by atoms with van der Waals surface area (Å²) in [5.74, 6) is 0.140. The Bertz CT molecular complexity index is 841. The lowest BCUT2D eigenvalue weighted by atomic mass is 9.84. The Labute approximate surface area is 211 Å². The van der Waals surface area contributed by atoms with Crippen molar-refractivity contribution in [3.63, 3.8) is 0 Å². The van der Waals surface area contributed by atoms with Crippen molar-refractivity contribution in [2.45, 2.75) is 71.8 Å². The maximum atomic E-state index is 12.2. The van der Waals surface area contributed by atoms with Crippen LogP contribution in [0.4, 0.5) is 0 Å². The number of unbranched alkanes of at least 4 members (excludes halogenated alkanes) is 1. The molecule has 0 fully saturated rings. The summed E-state index contributed by atoms with van der Waals surface area (Å²) in [6.07, 6.45) is 13.5. The molecule has 0 heterocycles. The van der Waals surface area contributed by atoms with E-state index in [1.807, 2.05) is 30.3 Å². The van der Waals surface area contributed by atoms with Gasteiger partial charge >= 0.3 is 5.97 Å². The van der Waals surface area contributed by atoms with Crippen molar-refractivity contribution in [3.8, 4) is 5.75 Å². The molecule has 0 aromatic heterocycles. The fraction of sp³-hybridized carbons (Fsp3) is 0.517. The molecule has 194 valence electrons. The second kappa shape index (κ2) is 16.7. The molecule has 0 radical (unpaired) electrons. The van der Waals surface area contributed by atoms with E-state index >= 15 is 0 Å². The number of carbonyl (C=O) groups is 2. The molecule has 1 rings (SSSR count). The van der Waals surface area contributed by atoms with Gasteiger partial charge in [-0.25, -0.2) is 4.79 Å². The molecular weight excluding hydrogens is 440 g/mol. The summed E-state index contributed by atoms with van der Waals surface area (Å²) in [4.78, 5) is 24.1. The third-order valence-electron chi connectivity index (χ3n) is 5.82. The molecule has 0 aliphatic carbocycles. The van der Waals surface area contributed by atoms with Crippen LogP contribution < -0.4 is 15.8 Å². The lowest BCUT2D eigenvalue weighted by Crippen LogP contribution is -2.41. The average Bonchev–Trinajstić information content (AvgIpc) is 2.85. The number of rotatable bonds is 17. The van der Waals surface area contributed by atoms with Crippen molar-refractivity contribution in [1.82, 2.24) is 5.32 Å². The fourth-order valence-electron chi connectivity index (χ4n) is 3.46. The minimum absolute atomic E-state index is 0.0566. The first-order chi connectivity index (χ1) is 16.7. The van der Waals surface area contributed by atoms with E-state index in [1.165, 1.54) is 12.7 Å². The number of nitrogens with two attached hydrogens (primary N) is 1. The van der Waals surface area contributed by atoms with E-state index in [9.17, 15) is 9.59 Å². The minimum Gasteiger partial charge on any atom is -0.494 e. The van der Waals surface area contributed by atoms with Gasteiger partial charge in [0.25, 0.3) is 0 Å². The fourth-order valence-corrected chi connectivity index (χ4v) is 3.46. The van der Waals surface area contributed by atoms with Crippen molar-refractivity contribution in [2.24, 2.45) is 11.1 Å². The zero-order valence-electron chi connectivity index (χ0n) is 22.0. The van der Waals surface area contributed by atoms with Gasteiger partial charge in [0.1, 0.15) is 11.8 Å². The van der Waals surface area contributed by atoms with Crippen LogP contribution in [0.1, 0.15) is 71.3 Å². The molecule has 6 nitrogen and oxygen atoms in total. The maximum absolute atomic E-state index is 12.2. The van der Waals surface area contributed by atoms with E-state index in [1.54, 1.807) is 0 Å². The molecule has 0 bridgehead atoms. The zero-order valence-corrected chi connectivity index (χ0v) is 22.0. The molecule has 35 heavy (non-hydrogen) atoms. The lowest BCUT2D eigenvalue weighted by molar-refractivity contribution is -0.145. The van der Waals surface area contributed by atoms with Gasteiger partial charge in [-0.1, -0.05) is 48.9 Å². The van der Waals surface area contributed by atoms with Gasteiger partial charge in [-0.3, -0.25) is 4.79 Å². The number of amides is 1. The predicted molar refractivity (Wildman–Crippen MR) is 144 cm³/mol. The van der Waals surface area contributed by atoms with Crippen LogP contribution in [0.2, 0.25) is 0 Å². The van der Waals surface area contributed by atoms with E-state index in [0.29, 0.717) is 26.0 Å². The standard InChI is InChI=1S/C29H44N2O4/c1-6-29(4,19-9-11-23(2)3)20-18-24-14-16-25(17-15-24)35-22-10-13-27(32)31-26(28(33)34-5)12-7-8-21-30/h6,11,14-18,20,26H,1,7-10,12-13,19,21-22,30H2,2-5H3,(H,31,32)/b20-18+/t26-,29+/m0/s1. The molecule has 1 amide bonds. The van der Waals surface area contributed by atoms with Crippen molar-refractivity contribution in [1.29, 1.82) is 0 Å². The Morgan fingerprint density at radius 1 is 1.17 bits per heavy atom. The van der Waals surface area contributed by atoms with Crippen LogP contribution >= 0.6 is 0 Å². The summed E-state index contributed by atoms with van der Waals surface area (Å²) >= 11 is 0. The summed E-state index contributed by atoms with van der Waals surface area (Å²) in [5.41, 5.74) is 7.87. The van der Waals surface area contributed by atoms with E-state index in [2.05, 4.69) is 50.9 Å². The topological polar surface area (TPSA) is 90.6 Å².